The molecule has 30 heavy (non-hydrogen) atoms. The third kappa shape index (κ3) is 3.91. The van der Waals surface area contributed by atoms with Gasteiger partial charge < -0.3 is 4.18 Å². The Balaban J connectivity index is 2.47. The van der Waals surface area contributed by atoms with E-state index in [1.54, 1.807) is 26.0 Å². The van der Waals surface area contributed by atoms with Gasteiger partial charge in [-0.2, -0.15) is 39.5 Å². The number of benzene rings is 1. The van der Waals surface area contributed by atoms with Crippen molar-refractivity contribution >= 4 is 45.6 Å². The van der Waals surface area contributed by atoms with Crippen molar-refractivity contribution in [3.8, 4) is 5.75 Å². The molecular weight excluding hydrogens is 467 g/mol. The van der Waals surface area contributed by atoms with E-state index in [1.807, 2.05) is 0 Å². The minimum Gasteiger partial charge on any atom is -0.418 e. The lowest BCUT2D eigenvalue weighted by Gasteiger charge is -2.32. The zero-order chi connectivity index (χ0) is 23.1. The van der Waals surface area contributed by atoms with Gasteiger partial charge in [-0.05, 0) is 25.5 Å². The molecule has 0 unspecified atom stereocenters. The molecular formula is C18H13F9OS2. The Bertz CT molecular complexity index is 974. The summed E-state index contributed by atoms with van der Waals surface area (Å²) in [5.41, 5.74) is 1.31. The Morgan fingerprint density at radius 3 is 2.10 bits per heavy atom. The Labute approximate surface area is 173 Å². The number of thiophene rings is 1. The van der Waals surface area contributed by atoms with Crippen molar-refractivity contribution in [1.82, 2.24) is 0 Å². The van der Waals surface area contributed by atoms with E-state index < -0.39 is 41.1 Å². The van der Waals surface area contributed by atoms with Crippen LogP contribution in [0.3, 0.4) is 0 Å². The zero-order valence-electron chi connectivity index (χ0n) is 15.2. The van der Waals surface area contributed by atoms with E-state index in [4.69, 9.17) is 0 Å². The number of fused-ring (bicyclic) bond motifs is 1. The van der Waals surface area contributed by atoms with Crippen LogP contribution in [0.15, 0.2) is 24.8 Å². The Morgan fingerprint density at radius 1 is 1.00 bits per heavy atom. The van der Waals surface area contributed by atoms with Crippen LogP contribution in [0.25, 0.3) is 22.2 Å². The van der Waals surface area contributed by atoms with Crippen LogP contribution in [0.5, 0.6) is 5.75 Å². The minimum atomic E-state index is -6.97. The van der Waals surface area contributed by atoms with E-state index >= 15 is 0 Å². The summed E-state index contributed by atoms with van der Waals surface area (Å²) in [6.07, 6.45) is -2.05. The molecule has 0 radical (unpaired) electrons. The Kier molecular flexibility index (Phi) is 6.54. The molecule has 0 spiro atoms. The molecule has 1 aromatic heterocycles. The van der Waals surface area contributed by atoms with Gasteiger partial charge in [0.15, 0.2) is 5.75 Å². The molecule has 2 aromatic rings. The summed E-state index contributed by atoms with van der Waals surface area (Å²) in [4.78, 5) is 0.591. The van der Waals surface area contributed by atoms with Crippen molar-refractivity contribution in [2.24, 2.45) is 0 Å². The predicted molar refractivity (Wildman–Crippen MR) is 100 cm³/mol. The standard InChI is InChI=1S/C18H13F9OS2/c1-4-6-10-12(5-2)29-14-11(8-7-9(3)13(10)14)28-30-18(26,27)16(21,22)15(19,20)17(23,24)25/h4-8H,2H2,1,3H3/b6-4-. The first-order chi connectivity index (χ1) is 13.6. The van der Waals surface area contributed by atoms with E-state index in [0.717, 1.165) is 17.4 Å². The maximum Gasteiger partial charge on any atom is 0.460 e. The first-order valence-corrected chi connectivity index (χ1v) is 9.55. The fourth-order valence-corrected chi connectivity index (χ4v) is 4.23. The molecule has 0 bridgehead atoms. The number of alkyl halides is 9. The summed E-state index contributed by atoms with van der Waals surface area (Å²) >= 11 is -0.458. The van der Waals surface area contributed by atoms with Crippen LogP contribution >= 0.6 is 23.4 Å². The van der Waals surface area contributed by atoms with E-state index in [0.29, 0.717) is 21.4 Å². The van der Waals surface area contributed by atoms with Gasteiger partial charge in [-0.15, -0.1) is 11.3 Å². The zero-order valence-corrected chi connectivity index (χ0v) is 16.9. The number of hydrogen-bond donors (Lipinski definition) is 0. The van der Waals surface area contributed by atoms with Crippen LogP contribution < -0.4 is 4.18 Å². The van der Waals surface area contributed by atoms with Crippen molar-refractivity contribution in [3.63, 3.8) is 0 Å². The summed E-state index contributed by atoms with van der Waals surface area (Å²) in [5, 5.41) is -5.38. The van der Waals surface area contributed by atoms with Crippen LogP contribution in [0.4, 0.5) is 39.5 Å². The molecule has 0 fully saturated rings. The van der Waals surface area contributed by atoms with Crippen LogP contribution in [0.1, 0.15) is 22.9 Å². The first kappa shape index (κ1) is 24.4. The predicted octanol–water partition coefficient (Wildman–Crippen LogP) is 8.34. The summed E-state index contributed by atoms with van der Waals surface area (Å²) in [7, 11) is 0. The Morgan fingerprint density at radius 2 is 1.60 bits per heavy atom. The molecule has 1 nitrogen and oxygen atoms in total. The Hall–Kier alpha value is -1.82. The highest BCUT2D eigenvalue weighted by molar-refractivity contribution is 7.96. The highest BCUT2D eigenvalue weighted by atomic mass is 32.2. The average molecular weight is 480 g/mol. The normalized spacial score (nSPS) is 14.0. The molecule has 0 aliphatic heterocycles. The lowest BCUT2D eigenvalue weighted by Crippen LogP contribution is -2.59. The third-order valence-electron chi connectivity index (χ3n) is 3.95. The van der Waals surface area contributed by atoms with Crippen molar-refractivity contribution in [2.75, 3.05) is 0 Å². The molecule has 12 heteroatoms. The molecule has 166 valence electrons. The third-order valence-corrected chi connectivity index (χ3v) is 5.89. The largest absolute Gasteiger partial charge is 0.460 e. The van der Waals surface area contributed by atoms with Gasteiger partial charge in [0.2, 0.25) is 0 Å². The second-order valence-electron chi connectivity index (χ2n) is 6.00. The molecule has 0 aliphatic carbocycles. The van der Waals surface area contributed by atoms with Crippen LogP contribution in [0, 0.1) is 6.92 Å². The number of rotatable bonds is 7. The van der Waals surface area contributed by atoms with Crippen LogP contribution in [-0.4, -0.2) is 23.3 Å². The smallest absolute Gasteiger partial charge is 0.418 e. The van der Waals surface area contributed by atoms with Gasteiger partial charge in [-0.25, -0.2) is 0 Å². The number of halogens is 9. The average Bonchev–Trinajstić information content (AvgIpc) is 3.00. The molecule has 0 saturated heterocycles. The van der Waals surface area contributed by atoms with E-state index in [-0.39, 0.29) is 4.70 Å². The molecule has 0 amide bonds. The maximum absolute atomic E-state index is 13.7. The summed E-state index contributed by atoms with van der Waals surface area (Å²) in [5.74, 6) is -14.1. The highest BCUT2D eigenvalue weighted by Crippen LogP contribution is 2.57. The van der Waals surface area contributed by atoms with Gasteiger partial charge in [-0.1, -0.05) is 30.9 Å². The highest BCUT2D eigenvalue weighted by Gasteiger charge is 2.82. The van der Waals surface area contributed by atoms with Gasteiger partial charge in [0.25, 0.3) is 0 Å². The molecule has 1 aromatic carbocycles. The summed E-state index contributed by atoms with van der Waals surface area (Å²) in [6, 6.07) is 2.54. The van der Waals surface area contributed by atoms with E-state index in [2.05, 4.69) is 10.8 Å². The van der Waals surface area contributed by atoms with E-state index in [1.165, 1.54) is 12.1 Å². The quantitative estimate of drug-likeness (QED) is 0.291. The molecule has 0 aliphatic rings. The van der Waals surface area contributed by atoms with E-state index in [9.17, 15) is 39.5 Å². The lowest BCUT2D eigenvalue weighted by molar-refractivity contribution is -0.381. The van der Waals surface area contributed by atoms with Crippen molar-refractivity contribution in [2.45, 2.75) is 37.1 Å². The molecule has 2 rings (SSSR count). The number of allylic oxidation sites excluding steroid dienone is 1. The molecule has 1 heterocycles. The fourth-order valence-electron chi connectivity index (χ4n) is 2.45. The second kappa shape index (κ2) is 8.03. The van der Waals surface area contributed by atoms with Gasteiger partial charge in [-0.3, -0.25) is 0 Å². The van der Waals surface area contributed by atoms with Gasteiger partial charge in [0.1, 0.15) is 12.0 Å². The second-order valence-corrected chi connectivity index (χ2v) is 7.90. The van der Waals surface area contributed by atoms with Gasteiger partial charge >= 0.3 is 23.3 Å². The SMILES string of the molecule is C=Cc1sc2c(OSC(F)(F)C(F)(F)C(F)(F)C(F)(F)F)ccc(C)c2c1/C=C\C. The van der Waals surface area contributed by atoms with Crippen molar-refractivity contribution in [3.05, 3.63) is 40.8 Å². The van der Waals surface area contributed by atoms with Crippen LogP contribution in [-0.2, 0) is 0 Å². The van der Waals surface area contributed by atoms with Crippen molar-refractivity contribution in [1.29, 1.82) is 0 Å². The van der Waals surface area contributed by atoms with Crippen LogP contribution in [0.2, 0.25) is 0 Å². The maximum atomic E-state index is 13.7. The molecule has 0 N–H and O–H groups in total. The minimum absolute atomic E-state index is 0.215. The summed E-state index contributed by atoms with van der Waals surface area (Å²) in [6.45, 7) is 7.01. The van der Waals surface area contributed by atoms with Gasteiger partial charge in [0.05, 0.1) is 4.70 Å². The molecule has 0 saturated carbocycles. The first-order valence-electron chi connectivity index (χ1n) is 7.99. The van der Waals surface area contributed by atoms with Gasteiger partial charge in [0, 0.05) is 15.8 Å². The monoisotopic (exact) mass is 480 g/mol. The van der Waals surface area contributed by atoms with Crippen molar-refractivity contribution < 1.29 is 43.7 Å². The molecule has 0 atom stereocenters. The fraction of sp³-hybridized carbons (Fsp3) is 0.333. The number of hydrogen-bond acceptors (Lipinski definition) is 3. The summed E-state index contributed by atoms with van der Waals surface area (Å²) < 4.78 is 122. The topological polar surface area (TPSA) is 9.23 Å². The lowest BCUT2D eigenvalue weighted by atomic mass is 10.0. The number of aryl methyl sites for hydroxylation is 1.